The smallest absolute Gasteiger partial charge is 0.316 e. The molecule has 0 heterocycles. The number of allylic oxidation sites excluding steroid dienone is 1. The van der Waals surface area contributed by atoms with Gasteiger partial charge in [0.15, 0.2) is 0 Å². The first-order valence-electron chi connectivity index (χ1n) is 5.58. The van der Waals surface area contributed by atoms with E-state index in [4.69, 9.17) is 4.74 Å². The number of carbonyl (C=O) groups is 1. The molecule has 92 valence electrons. The third-order valence-corrected chi connectivity index (χ3v) is 3.23. The van der Waals surface area contributed by atoms with Crippen LogP contribution in [-0.2, 0) is 14.9 Å². The average molecular weight is 297 g/mol. The highest BCUT2D eigenvalue weighted by Crippen LogP contribution is 2.31. The summed E-state index contributed by atoms with van der Waals surface area (Å²) < 4.78 is 6.11. The normalized spacial score (nSPS) is 13.8. The molecule has 1 aromatic rings. The van der Waals surface area contributed by atoms with Gasteiger partial charge in [-0.2, -0.15) is 0 Å². The van der Waals surface area contributed by atoms with E-state index < -0.39 is 5.41 Å². The van der Waals surface area contributed by atoms with E-state index in [0.717, 1.165) is 10.0 Å². The zero-order valence-corrected chi connectivity index (χ0v) is 11.8. The first kappa shape index (κ1) is 14.0. The Labute approximate surface area is 111 Å². The monoisotopic (exact) mass is 296 g/mol. The summed E-state index contributed by atoms with van der Waals surface area (Å²) in [6.07, 6.45) is 2.31. The predicted octanol–water partition coefficient (Wildman–Crippen LogP) is 3.85. The van der Waals surface area contributed by atoms with Gasteiger partial charge in [0.2, 0.25) is 0 Å². The second-order valence-corrected chi connectivity index (χ2v) is 4.97. The quantitative estimate of drug-likeness (QED) is 0.609. The van der Waals surface area contributed by atoms with Crippen molar-refractivity contribution < 1.29 is 9.53 Å². The van der Waals surface area contributed by atoms with E-state index in [1.807, 2.05) is 38.1 Å². The van der Waals surface area contributed by atoms with Gasteiger partial charge < -0.3 is 4.74 Å². The molecule has 3 heteroatoms. The molecule has 2 nitrogen and oxygen atoms in total. The molecule has 0 bridgehead atoms. The van der Waals surface area contributed by atoms with Crippen molar-refractivity contribution in [3.63, 3.8) is 0 Å². The average Bonchev–Trinajstić information content (AvgIpc) is 2.29. The minimum absolute atomic E-state index is 0.210. The van der Waals surface area contributed by atoms with E-state index in [1.54, 1.807) is 6.08 Å². The summed E-state index contributed by atoms with van der Waals surface area (Å²) >= 11 is 3.42. The minimum Gasteiger partial charge on any atom is -0.465 e. The maximum absolute atomic E-state index is 12.1. The molecule has 0 fully saturated rings. The molecular formula is C14H17BrO2. The fraction of sp³-hybridized carbons (Fsp3) is 0.357. The van der Waals surface area contributed by atoms with Crippen molar-refractivity contribution in [2.75, 3.05) is 6.61 Å². The molecule has 0 N–H and O–H groups in total. The van der Waals surface area contributed by atoms with Crippen LogP contribution in [0.5, 0.6) is 0 Å². The number of ether oxygens (including phenoxy) is 1. The SMILES string of the molecule is C=CCC(C)(C(=O)OCC)c1cccc(Br)c1. The lowest BCUT2D eigenvalue weighted by molar-refractivity contribution is -0.149. The molecule has 0 amide bonds. The van der Waals surface area contributed by atoms with Crippen LogP contribution in [0.25, 0.3) is 0 Å². The first-order chi connectivity index (χ1) is 8.04. The van der Waals surface area contributed by atoms with Gasteiger partial charge in [-0.15, -0.1) is 6.58 Å². The molecular weight excluding hydrogens is 280 g/mol. The molecule has 0 aliphatic rings. The number of esters is 1. The molecule has 0 radical (unpaired) electrons. The van der Waals surface area contributed by atoms with Crippen molar-refractivity contribution in [3.8, 4) is 0 Å². The largest absolute Gasteiger partial charge is 0.465 e. The van der Waals surface area contributed by atoms with E-state index in [1.165, 1.54) is 0 Å². The summed E-state index contributed by atoms with van der Waals surface area (Å²) in [6, 6.07) is 7.73. The van der Waals surface area contributed by atoms with Gasteiger partial charge in [0.25, 0.3) is 0 Å². The fourth-order valence-corrected chi connectivity index (χ4v) is 2.13. The number of halogens is 1. The maximum atomic E-state index is 12.1. The molecule has 1 unspecified atom stereocenters. The molecule has 0 spiro atoms. The summed E-state index contributed by atoms with van der Waals surface area (Å²) in [6.45, 7) is 7.80. The van der Waals surface area contributed by atoms with Gasteiger partial charge >= 0.3 is 5.97 Å². The van der Waals surface area contributed by atoms with Crippen LogP contribution in [0.2, 0.25) is 0 Å². The van der Waals surface area contributed by atoms with Crippen LogP contribution in [0, 0.1) is 0 Å². The van der Waals surface area contributed by atoms with Crippen molar-refractivity contribution in [1.82, 2.24) is 0 Å². The molecule has 0 saturated heterocycles. The third-order valence-electron chi connectivity index (χ3n) is 2.74. The Bertz CT molecular complexity index is 414. The highest BCUT2D eigenvalue weighted by Gasteiger charge is 2.35. The van der Waals surface area contributed by atoms with Crippen LogP contribution >= 0.6 is 15.9 Å². The molecule has 0 aliphatic heterocycles. The number of hydrogen-bond donors (Lipinski definition) is 0. The lowest BCUT2D eigenvalue weighted by Gasteiger charge is -2.26. The lowest BCUT2D eigenvalue weighted by Crippen LogP contribution is -2.34. The van der Waals surface area contributed by atoms with Gasteiger partial charge in [-0.25, -0.2) is 0 Å². The zero-order chi connectivity index (χ0) is 12.9. The van der Waals surface area contributed by atoms with Crippen molar-refractivity contribution >= 4 is 21.9 Å². The maximum Gasteiger partial charge on any atom is 0.316 e. The van der Waals surface area contributed by atoms with E-state index in [-0.39, 0.29) is 5.97 Å². The Kier molecular flexibility index (Phi) is 4.94. The Morgan fingerprint density at radius 1 is 1.59 bits per heavy atom. The summed E-state index contributed by atoms with van der Waals surface area (Å²) in [4.78, 5) is 12.1. The Morgan fingerprint density at radius 3 is 2.82 bits per heavy atom. The summed E-state index contributed by atoms with van der Waals surface area (Å²) in [5.74, 6) is -0.210. The van der Waals surface area contributed by atoms with Crippen LogP contribution in [0.1, 0.15) is 25.8 Å². The summed E-state index contributed by atoms with van der Waals surface area (Å²) in [7, 11) is 0. The second-order valence-electron chi connectivity index (χ2n) is 4.06. The first-order valence-corrected chi connectivity index (χ1v) is 6.38. The number of benzene rings is 1. The molecule has 1 aromatic carbocycles. The van der Waals surface area contributed by atoms with Crippen LogP contribution < -0.4 is 0 Å². The highest BCUT2D eigenvalue weighted by molar-refractivity contribution is 9.10. The van der Waals surface area contributed by atoms with Gasteiger partial charge in [-0.3, -0.25) is 4.79 Å². The van der Waals surface area contributed by atoms with Gasteiger partial charge in [0.05, 0.1) is 12.0 Å². The van der Waals surface area contributed by atoms with E-state index in [9.17, 15) is 4.79 Å². The standard InChI is InChI=1S/C14H17BrO2/c1-4-9-14(3,13(16)17-5-2)11-7-6-8-12(15)10-11/h4,6-8,10H,1,5,9H2,2-3H3. The van der Waals surface area contributed by atoms with Crippen LogP contribution in [0.4, 0.5) is 0 Å². The lowest BCUT2D eigenvalue weighted by atomic mass is 9.79. The Morgan fingerprint density at radius 2 is 2.29 bits per heavy atom. The summed E-state index contributed by atoms with van der Waals surface area (Å²) in [5.41, 5.74) is 0.270. The van der Waals surface area contributed by atoms with Crippen LogP contribution in [-0.4, -0.2) is 12.6 Å². The molecule has 1 atom stereocenters. The molecule has 17 heavy (non-hydrogen) atoms. The molecule has 0 aliphatic carbocycles. The molecule has 1 rings (SSSR count). The minimum atomic E-state index is -0.665. The Balaban J connectivity index is 3.14. The van der Waals surface area contributed by atoms with E-state index >= 15 is 0 Å². The van der Waals surface area contributed by atoms with Crippen molar-refractivity contribution in [1.29, 1.82) is 0 Å². The highest BCUT2D eigenvalue weighted by atomic mass is 79.9. The van der Waals surface area contributed by atoms with Gasteiger partial charge in [0, 0.05) is 4.47 Å². The van der Waals surface area contributed by atoms with E-state index in [0.29, 0.717) is 13.0 Å². The van der Waals surface area contributed by atoms with Gasteiger partial charge in [0.1, 0.15) is 0 Å². The van der Waals surface area contributed by atoms with Crippen LogP contribution in [0.3, 0.4) is 0 Å². The molecule has 0 saturated carbocycles. The van der Waals surface area contributed by atoms with Gasteiger partial charge in [-0.05, 0) is 38.0 Å². The van der Waals surface area contributed by atoms with E-state index in [2.05, 4.69) is 22.5 Å². The predicted molar refractivity (Wildman–Crippen MR) is 72.9 cm³/mol. The number of carbonyl (C=O) groups excluding carboxylic acids is 1. The number of hydrogen-bond acceptors (Lipinski definition) is 2. The second kappa shape index (κ2) is 6.01. The topological polar surface area (TPSA) is 26.3 Å². The van der Waals surface area contributed by atoms with Crippen molar-refractivity contribution in [2.45, 2.75) is 25.7 Å². The molecule has 0 aromatic heterocycles. The zero-order valence-electron chi connectivity index (χ0n) is 10.2. The number of rotatable bonds is 5. The van der Waals surface area contributed by atoms with Crippen molar-refractivity contribution in [2.24, 2.45) is 0 Å². The van der Waals surface area contributed by atoms with Crippen molar-refractivity contribution in [3.05, 3.63) is 47.0 Å². The Hall–Kier alpha value is -1.09. The van der Waals surface area contributed by atoms with Gasteiger partial charge in [-0.1, -0.05) is 34.1 Å². The summed E-state index contributed by atoms with van der Waals surface area (Å²) in [5, 5.41) is 0. The van der Waals surface area contributed by atoms with Crippen LogP contribution in [0.15, 0.2) is 41.4 Å². The third kappa shape index (κ3) is 3.19. The fourth-order valence-electron chi connectivity index (χ4n) is 1.73.